The topological polar surface area (TPSA) is 60.3 Å². The van der Waals surface area contributed by atoms with E-state index in [0.717, 1.165) is 48.3 Å². The van der Waals surface area contributed by atoms with E-state index in [0.29, 0.717) is 17.6 Å². The number of carbonyl (C=O) groups excluding carboxylic acids is 1. The Hall–Kier alpha value is -2.80. The van der Waals surface area contributed by atoms with Gasteiger partial charge < -0.3 is 14.2 Å². The Labute approximate surface area is 207 Å². The van der Waals surface area contributed by atoms with Gasteiger partial charge in [-0.05, 0) is 48.1 Å². The number of nitrogens with zero attached hydrogens (tertiary/aromatic N) is 4. The van der Waals surface area contributed by atoms with Gasteiger partial charge in [0, 0.05) is 25.2 Å². The summed E-state index contributed by atoms with van der Waals surface area (Å²) in [6.07, 6.45) is 0.858. The maximum Gasteiger partial charge on any atom is 0.233 e. The van der Waals surface area contributed by atoms with Gasteiger partial charge in [0.1, 0.15) is 5.75 Å². The molecule has 0 fully saturated rings. The van der Waals surface area contributed by atoms with Crippen molar-refractivity contribution in [1.29, 1.82) is 0 Å². The number of thioether (sulfide) groups is 1. The van der Waals surface area contributed by atoms with E-state index in [9.17, 15) is 4.79 Å². The maximum atomic E-state index is 13.1. The molecule has 3 aromatic rings. The zero-order valence-corrected chi connectivity index (χ0v) is 21.7. The van der Waals surface area contributed by atoms with Gasteiger partial charge in [0.15, 0.2) is 11.0 Å². The number of carbonyl (C=O) groups is 1. The van der Waals surface area contributed by atoms with E-state index in [-0.39, 0.29) is 5.91 Å². The molecular weight excluding hydrogens is 444 g/mol. The van der Waals surface area contributed by atoms with E-state index in [1.807, 2.05) is 35.2 Å². The van der Waals surface area contributed by atoms with Crippen LogP contribution in [0, 0.1) is 11.8 Å². The number of rotatable bonds is 12. The van der Waals surface area contributed by atoms with Crippen LogP contribution in [0.3, 0.4) is 0 Å². The molecule has 0 unspecified atom stereocenters. The van der Waals surface area contributed by atoms with Crippen LogP contribution in [0.15, 0.2) is 59.8 Å². The highest BCUT2D eigenvalue weighted by Crippen LogP contribution is 2.26. The Kier molecular flexibility index (Phi) is 9.57. The zero-order valence-electron chi connectivity index (χ0n) is 20.9. The lowest BCUT2D eigenvalue weighted by Crippen LogP contribution is -2.38. The molecule has 7 heteroatoms. The first kappa shape index (κ1) is 25.8. The fourth-order valence-corrected chi connectivity index (χ4v) is 4.68. The number of aromatic nitrogens is 3. The molecule has 0 aliphatic carbocycles. The molecule has 0 aliphatic heterocycles. The van der Waals surface area contributed by atoms with Crippen LogP contribution in [0.1, 0.15) is 33.3 Å². The molecule has 0 radical (unpaired) electrons. The van der Waals surface area contributed by atoms with Crippen molar-refractivity contribution in [3.05, 3.63) is 60.2 Å². The molecule has 182 valence electrons. The minimum atomic E-state index is 0.149. The first-order chi connectivity index (χ1) is 16.4. The lowest BCUT2D eigenvalue weighted by molar-refractivity contribution is -0.129. The lowest BCUT2D eigenvalue weighted by Gasteiger charge is -2.26. The first-order valence-corrected chi connectivity index (χ1v) is 12.9. The Morgan fingerprint density at radius 3 is 2.21 bits per heavy atom. The Balaban J connectivity index is 1.80. The third-order valence-electron chi connectivity index (χ3n) is 5.38. The summed E-state index contributed by atoms with van der Waals surface area (Å²) in [7, 11) is 1.66. The van der Waals surface area contributed by atoms with Crippen molar-refractivity contribution in [2.75, 3.05) is 26.0 Å². The summed E-state index contributed by atoms with van der Waals surface area (Å²) in [4.78, 5) is 15.0. The normalized spacial score (nSPS) is 11.3. The van der Waals surface area contributed by atoms with Gasteiger partial charge >= 0.3 is 0 Å². The average Bonchev–Trinajstić information content (AvgIpc) is 3.23. The van der Waals surface area contributed by atoms with Gasteiger partial charge in [0.25, 0.3) is 0 Å². The fraction of sp³-hybridized carbons (Fsp3) is 0.444. The van der Waals surface area contributed by atoms with Gasteiger partial charge in [0.2, 0.25) is 5.91 Å². The molecule has 3 rings (SSSR count). The van der Waals surface area contributed by atoms with Crippen molar-refractivity contribution in [2.24, 2.45) is 11.8 Å². The van der Waals surface area contributed by atoms with Crippen LogP contribution in [0.25, 0.3) is 11.4 Å². The fourth-order valence-electron chi connectivity index (χ4n) is 3.81. The third kappa shape index (κ3) is 7.35. The molecular formula is C27H36N4O2S. The van der Waals surface area contributed by atoms with E-state index in [2.05, 4.69) is 66.7 Å². The van der Waals surface area contributed by atoms with E-state index < -0.39 is 0 Å². The van der Waals surface area contributed by atoms with Crippen LogP contribution >= 0.6 is 11.8 Å². The van der Waals surface area contributed by atoms with Crippen LogP contribution in [-0.2, 0) is 17.8 Å². The van der Waals surface area contributed by atoms with Crippen LogP contribution < -0.4 is 4.74 Å². The molecule has 1 aromatic heterocycles. The standard InChI is InChI=1S/C27H36N4O2S/c1-20(2)17-30(18-21(3)4)25(32)19-34-27-29-28-26(23-11-13-24(33-5)14-12-23)31(27)16-15-22-9-7-6-8-10-22/h6-14,20-21H,15-19H2,1-5H3. The predicted molar refractivity (Wildman–Crippen MR) is 139 cm³/mol. The van der Waals surface area contributed by atoms with E-state index in [1.54, 1.807) is 7.11 Å². The van der Waals surface area contributed by atoms with Crippen molar-refractivity contribution >= 4 is 17.7 Å². The molecule has 0 saturated heterocycles. The number of benzene rings is 2. The molecule has 1 heterocycles. The van der Waals surface area contributed by atoms with Crippen molar-refractivity contribution in [1.82, 2.24) is 19.7 Å². The van der Waals surface area contributed by atoms with Gasteiger partial charge in [-0.3, -0.25) is 4.79 Å². The molecule has 0 aliphatic rings. The second kappa shape index (κ2) is 12.6. The van der Waals surface area contributed by atoms with Gasteiger partial charge in [-0.25, -0.2) is 0 Å². The van der Waals surface area contributed by atoms with Crippen LogP contribution in [0.2, 0.25) is 0 Å². The molecule has 6 nitrogen and oxygen atoms in total. The molecule has 2 aromatic carbocycles. The van der Waals surface area contributed by atoms with Gasteiger partial charge in [-0.1, -0.05) is 69.8 Å². The minimum Gasteiger partial charge on any atom is -0.497 e. The largest absolute Gasteiger partial charge is 0.497 e. The summed E-state index contributed by atoms with van der Waals surface area (Å²) in [5.74, 6) is 2.97. The van der Waals surface area contributed by atoms with Crippen LogP contribution in [-0.4, -0.2) is 51.5 Å². The first-order valence-electron chi connectivity index (χ1n) is 11.9. The number of hydrogen-bond donors (Lipinski definition) is 0. The predicted octanol–water partition coefficient (Wildman–Crippen LogP) is 5.43. The smallest absolute Gasteiger partial charge is 0.233 e. The maximum absolute atomic E-state index is 13.1. The van der Waals surface area contributed by atoms with Crippen molar-refractivity contribution < 1.29 is 9.53 Å². The summed E-state index contributed by atoms with van der Waals surface area (Å²) in [6, 6.07) is 18.2. The summed E-state index contributed by atoms with van der Waals surface area (Å²) in [6.45, 7) is 10.9. The van der Waals surface area contributed by atoms with Crippen molar-refractivity contribution in [3.63, 3.8) is 0 Å². The number of ether oxygens (including phenoxy) is 1. The molecule has 34 heavy (non-hydrogen) atoms. The minimum absolute atomic E-state index is 0.149. The van der Waals surface area contributed by atoms with Gasteiger partial charge in [-0.2, -0.15) is 0 Å². The third-order valence-corrected chi connectivity index (χ3v) is 6.33. The average molecular weight is 481 g/mol. The van der Waals surface area contributed by atoms with Gasteiger partial charge in [0.05, 0.1) is 12.9 Å². The lowest BCUT2D eigenvalue weighted by atomic mass is 10.1. The molecule has 1 amide bonds. The Bertz CT molecular complexity index is 1020. The number of amides is 1. The van der Waals surface area contributed by atoms with Crippen LogP contribution in [0.5, 0.6) is 5.75 Å². The molecule has 0 spiro atoms. The highest BCUT2D eigenvalue weighted by molar-refractivity contribution is 7.99. The van der Waals surface area contributed by atoms with E-state index in [4.69, 9.17) is 4.74 Å². The van der Waals surface area contributed by atoms with Crippen molar-refractivity contribution in [3.8, 4) is 17.1 Å². The molecule has 0 atom stereocenters. The Morgan fingerprint density at radius 2 is 1.62 bits per heavy atom. The number of methoxy groups -OCH3 is 1. The summed E-state index contributed by atoms with van der Waals surface area (Å²) in [5.41, 5.74) is 2.23. The monoisotopic (exact) mass is 480 g/mol. The second-order valence-electron chi connectivity index (χ2n) is 9.30. The SMILES string of the molecule is COc1ccc(-c2nnc(SCC(=O)N(CC(C)C)CC(C)C)n2CCc2ccccc2)cc1. The molecule has 0 bridgehead atoms. The summed E-state index contributed by atoms with van der Waals surface area (Å²) in [5, 5.41) is 9.74. The highest BCUT2D eigenvalue weighted by Gasteiger charge is 2.20. The highest BCUT2D eigenvalue weighted by atomic mass is 32.2. The van der Waals surface area contributed by atoms with Crippen molar-refractivity contribution in [2.45, 2.75) is 45.8 Å². The summed E-state index contributed by atoms with van der Waals surface area (Å²) >= 11 is 1.47. The number of aryl methyl sites for hydroxylation is 1. The van der Waals surface area contributed by atoms with Gasteiger partial charge in [-0.15, -0.1) is 10.2 Å². The molecule has 0 saturated carbocycles. The zero-order chi connectivity index (χ0) is 24.5. The Morgan fingerprint density at radius 1 is 0.971 bits per heavy atom. The van der Waals surface area contributed by atoms with E-state index >= 15 is 0 Å². The second-order valence-corrected chi connectivity index (χ2v) is 10.2. The van der Waals surface area contributed by atoms with Crippen LogP contribution in [0.4, 0.5) is 0 Å². The summed E-state index contributed by atoms with van der Waals surface area (Å²) < 4.78 is 7.43. The number of hydrogen-bond acceptors (Lipinski definition) is 5. The molecule has 0 N–H and O–H groups in total. The quantitative estimate of drug-likeness (QED) is 0.324. The van der Waals surface area contributed by atoms with E-state index in [1.165, 1.54) is 17.3 Å².